The Balaban J connectivity index is 1.66. The summed E-state index contributed by atoms with van der Waals surface area (Å²) in [5.74, 6) is 1.48. The monoisotopic (exact) mass is 600 g/mol. The molecule has 234 valence electrons. The summed E-state index contributed by atoms with van der Waals surface area (Å²) in [6, 6.07) is 24.2. The molecule has 0 fully saturated rings. The topological polar surface area (TPSA) is 123 Å². The molecule has 0 amide bonds. The van der Waals surface area contributed by atoms with Crippen LogP contribution < -0.4 is 20.1 Å². The molecule has 6 N–H and O–H groups in total. The number of ether oxygens (including phenoxy) is 2. The van der Waals surface area contributed by atoms with Crippen LogP contribution in [-0.2, 0) is 13.1 Å². The fourth-order valence-electron chi connectivity index (χ4n) is 5.48. The quantitative estimate of drug-likeness (QED) is 0.120. The van der Waals surface area contributed by atoms with Crippen molar-refractivity contribution in [2.75, 3.05) is 40.6 Å². The summed E-state index contributed by atoms with van der Waals surface area (Å²) < 4.78 is 11.4. The van der Waals surface area contributed by atoms with Crippen molar-refractivity contribution in [2.24, 2.45) is 0 Å². The van der Waals surface area contributed by atoms with Crippen LogP contribution in [0.2, 0.25) is 0 Å². The summed E-state index contributed by atoms with van der Waals surface area (Å²) in [4.78, 5) is 0. The molecule has 0 heterocycles. The molecule has 0 bridgehead atoms. The van der Waals surface area contributed by atoms with Gasteiger partial charge in [0.15, 0.2) is 0 Å². The van der Waals surface area contributed by atoms with Gasteiger partial charge >= 0.3 is 0 Å². The Bertz CT molecular complexity index is 1420. The number of rotatable bonds is 15. The zero-order valence-electron chi connectivity index (χ0n) is 25.9. The Morgan fingerprint density at radius 1 is 0.545 bits per heavy atom. The molecule has 0 aromatic heterocycles. The van der Waals surface area contributed by atoms with Gasteiger partial charge < -0.3 is 40.5 Å². The molecular formula is C36H44N2O6. The summed E-state index contributed by atoms with van der Waals surface area (Å²) in [6.45, 7) is 4.65. The highest BCUT2D eigenvalue weighted by Crippen LogP contribution is 2.38. The first-order valence-electron chi connectivity index (χ1n) is 14.8. The van der Waals surface area contributed by atoms with Gasteiger partial charge in [-0.25, -0.2) is 0 Å². The van der Waals surface area contributed by atoms with E-state index < -0.39 is 0 Å². The first-order valence-corrected chi connectivity index (χ1v) is 14.8. The molecule has 8 heteroatoms. The molecule has 0 saturated carbocycles. The van der Waals surface area contributed by atoms with Crippen molar-refractivity contribution in [3.05, 3.63) is 95.1 Å². The maximum Gasteiger partial charge on any atom is 0.123 e. The van der Waals surface area contributed by atoms with Gasteiger partial charge in [-0.3, -0.25) is 0 Å². The lowest BCUT2D eigenvalue weighted by atomic mass is 9.87. The molecule has 0 saturated heterocycles. The minimum atomic E-state index is -0.384. The average Bonchev–Trinajstić information content (AvgIpc) is 3.06. The molecule has 0 aliphatic heterocycles. The van der Waals surface area contributed by atoms with Crippen molar-refractivity contribution >= 4 is 0 Å². The van der Waals surface area contributed by atoms with Crippen molar-refractivity contribution in [1.29, 1.82) is 0 Å². The van der Waals surface area contributed by atoms with Crippen molar-refractivity contribution in [2.45, 2.75) is 39.0 Å². The molecular weight excluding hydrogens is 556 g/mol. The van der Waals surface area contributed by atoms with Gasteiger partial charge in [0.05, 0.1) is 52.7 Å². The van der Waals surface area contributed by atoms with Crippen LogP contribution in [0.15, 0.2) is 72.8 Å². The van der Waals surface area contributed by atoms with Crippen LogP contribution in [-0.4, -0.2) is 73.2 Å². The lowest BCUT2D eigenvalue weighted by Gasteiger charge is -2.19. The summed E-state index contributed by atoms with van der Waals surface area (Å²) >= 11 is 0. The number of hydrogen-bond acceptors (Lipinski definition) is 8. The first kappa shape index (κ1) is 33.1. The van der Waals surface area contributed by atoms with Crippen LogP contribution in [0.25, 0.3) is 33.4 Å². The van der Waals surface area contributed by atoms with Gasteiger partial charge in [-0.15, -0.1) is 0 Å². The Kier molecular flexibility index (Phi) is 11.9. The highest BCUT2D eigenvalue weighted by atomic mass is 16.5. The van der Waals surface area contributed by atoms with Gasteiger partial charge in [-0.1, -0.05) is 60.7 Å². The smallest absolute Gasteiger partial charge is 0.123 e. The SMILES string of the molecule is COc1cc(-c2cccc(-c3cccc(-c4ccc(CNC(CO)CO)c(OC)c4)c3C)c2C)ccc1CNC(CO)CO. The molecule has 44 heavy (non-hydrogen) atoms. The van der Waals surface area contributed by atoms with E-state index in [1.165, 1.54) is 0 Å². The highest BCUT2D eigenvalue weighted by Gasteiger charge is 2.16. The van der Waals surface area contributed by atoms with Crippen molar-refractivity contribution in [3.8, 4) is 44.9 Å². The third kappa shape index (κ3) is 7.47. The molecule has 0 unspecified atom stereocenters. The van der Waals surface area contributed by atoms with E-state index in [9.17, 15) is 20.4 Å². The summed E-state index contributed by atoms with van der Waals surface area (Å²) in [6.07, 6.45) is 0. The van der Waals surface area contributed by atoms with E-state index in [-0.39, 0.29) is 38.5 Å². The molecule has 0 atom stereocenters. The molecule has 4 rings (SSSR count). The van der Waals surface area contributed by atoms with E-state index in [1.807, 2.05) is 24.3 Å². The van der Waals surface area contributed by atoms with Gasteiger partial charge in [-0.05, 0) is 70.5 Å². The van der Waals surface area contributed by atoms with Crippen LogP contribution in [0.3, 0.4) is 0 Å². The van der Waals surface area contributed by atoms with Gasteiger partial charge in [0.1, 0.15) is 11.5 Å². The zero-order chi connectivity index (χ0) is 31.6. The second kappa shape index (κ2) is 15.8. The Hall–Kier alpha value is -3.76. The molecule has 0 radical (unpaired) electrons. The number of aliphatic hydroxyl groups is 4. The van der Waals surface area contributed by atoms with E-state index in [0.717, 1.165) is 67.1 Å². The second-order valence-corrected chi connectivity index (χ2v) is 10.9. The molecule has 4 aromatic rings. The summed E-state index contributed by atoms with van der Waals surface area (Å²) in [7, 11) is 3.30. The number of aliphatic hydroxyl groups excluding tert-OH is 4. The van der Waals surface area contributed by atoms with E-state index in [4.69, 9.17) is 9.47 Å². The lowest BCUT2D eigenvalue weighted by Crippen LogP contribution is -2.35. The van der Waals surface area contributed by atoms with Crippen LogP contribution in [0.1, 0.15) is 22.3 Å². The van der Waals surface area contributed by atoms with Crippen molar-refractivity contribution < 1.29 is 29.9 Å². The van der Waals surface area contributed by atoms with Gasteiger partial charge in [0.25, 0.3) is 0 Å². The minimum absolute atomic E-state index is 0.142. The second-order valence-electron chi connectivity index (χ2n) is 10.9. The van der Waals surface area contributed by atoms with Gasteiger partial charge in [-0.2, -0.15) is 0 Å². The molecule has 0 aliphatic carbocycles. The summed E-state index contributed by atoms with van der Waals surface area (Å²) in [5.41, 5.74) is 10.8. The van der Waals surface area contributed by atoms with Crippen molar-refractivity contribution in [3.63, 3.8) is 0 Å². The predicted octanol–water partition coefficient (Wildman–Crippen LogP) is 4.21. The third-order valence-electron chi connectivity index (χ3n) is 8.20. The summed E-state index contributed by atoms with van der Waals surface area (Å²) in [5, 5.41) is 43.8. The normalized spacial score (nSPS) is 11.4. The minimum Gasteiger partial charge on any atom is -0.496 e. The fourth-order valence-corrected chi connectivity index (χ4v) is 5.48. The van der Waals surface area contributed by atoms with E-state index in [2.05, 4.69) is 73.0 Å². The lowest BCUT2D eigenvalue weighted by molar-refractivity contribution is 0.169. The molecule has 0 aliphatic rings. The van der Waals surface area contributed by atoms with Crippen LogP contribution in [0.5, 0.6) is 11.5 Å². The molecule has 8 nitrogen and oxygen atoms in total. The number of methoxy groups -OCH3 is 2. The average molecular weight is 601 g/mol. The predicted molar refractivity (Wildman–Crippen MR) is 175 cm³/mol. The number of nitrogens with one attached hydrogen (secondary N) is 2. The third-order valence-corrected chi connectivity index (χ3v) is 8.20. The highest BCUT2D eigenvalue weighted by molar-refractivity contribution is 5.84. The Labute approximate surface area is 259 Å². The standard InChI is InChI=1S/C36H44N2O6/c1-23-31(25-11-13-27(35(15-25)43-3)17-37-29(19-39)20-40)7-5-9-33(23)34-10-6-8-32(24(34)2)26-12-14-28(36(16-26)44-4)18-38-30(21-41)22-42/h5-16,29-30,37-42H,17-22H2,1-4H3. The van der Waals surface area contributed by atoms with Gasteiger partial charge in [0.2, 0.25) is 0 Å². The van der Waals surface area contributed by atoms with Crippen LogP contribution in [0.4, 0.5) is 0 Å². The number of hydrogen-bond donors (Lipinski definition) is 6. The van der Waals surface area contributed by atoms with Crippen LogP contribution >= 0.6 is 0 Å². The first-order chi connectivity index (χ1) is 21.4. The Morgan fingerprint density at radius 2 is 0.909 bits per heavy atom. The molecule has 4 aromatic carbocycles. The Morgan fingerprint density at radius 3 is 1.25 bits per heavy atom. The maximum absolute atomic E-state index is 9.39. The van der Waals surface area contributed by atoms with E-state index >= 15 is 0 Å². The zero-order valence-corrected chi connectivity index (χ0v) is 25.9. The number of benzene rings is 4. The largest absolute Gasteiger partial charge is 0.496 e. The maximum atomic E-state index is 9.39. The van der Waals surface area contributed by atoms with Crippen LogP contribution in [0, 0.1) is 13.8 Å². The van der Waals surface area contributed by atoms with Crippen molar-refractivity contribution in [1.82, 2.24) is 10.6 Å². The van der Waals surface area contributed by atoms with E-state index in [1.54, 1.807) is 14.2 Å². The van der Waals surface area contributed by atoms with E-state index in [0.29, 0.717) is 13.1 Å². The molecule has 0 spiro atoms. The van der Waals surface area contributed by atoms with Gasteiger partial charge in [0, 0.05) is 24.2 Å². The fraction of sp³-hybridized carbons (Fsp3) is 0.333.